The highest BCUT2D eigenvalue weighted by Crippen LogP contribution is 2.35. The smallest absolute Gasteiger partial charge is 0.269 e. The Balaban J connectivity index is 1.65. The Labute approximate surface area is 180 Å². The molecule has 0 aliphatic heterocycles. The third kappa shape index (κ3) is 4.48. The summed E-state index contributed by atoms with van der Waals surface area (Å²) in [5.41, 5.74) is 4.05. The van der Waals surface area contributed by atoms with E-state index in [1.807, 2.05) is 72.4 Å². The van der Waals surface area contributed by atoms with Crippen LogP contribution in [-0.2, 0) is 18.4 Å². The number of hydrogen-bond donors (Lipinski definition) is 1. The number of nitrogens with zero attached hydrogens (tertiary/aromatic N) is 2. The van der Waals surface area contributed by atoms with E-state index in [4.69, 9.17) is 0 Å². The first-order chi connectivity index (χ1) is 15.0. The van der Waals surface area contributed by atoms with E-state index < -0.39 is 4.92 Å². The molecule has 3 aromatic carbocycles. The predicted molar refractivity (Wildman–Crippen MR) is 121 cm³/mol. The van der Waals surface area contributed by atoms with Gasteiger partial charge in [-0.25, -0.2) is 0 Å². The van der Waals surface area contributed by atoms with Crippen molar-refractivity contribution in [3.8, 4) is 0 Å². The molecule has 31 heavy (non-hydrogen) atoms. The fourth-order valence-electron chi connectivity index (χ4n) is 3.94. The van der Waals surface area contributed by atoms with Crippen LogP contribution in [-0.4, -0.2) is 15.4 Å². The van der Waals surface area contributed by atoms with Gasteiger partial charge in [0.1, 0.15) is 0 Å². The van der Waals surface area contributed by atoms with Gasteiger partial charge < -0.3 is 9.88 Å². The number of aromatic nitrogens is 1. The van der Waals surface area contributed by atoms with Gasteiger partial charge in [-0.1, -0.05) is 60.7 Å². The molecule has 0 unspecified atom stereocenters. The molecular weight excluding hydrogens is 390 g/mol. The van der Waals surface area contributed by atoms with Crippen LogP contribution in [0.3, 0.4) is 0 Å². The molecule has 0 radical (unpaired) electrons. The topological polar surface area (TPSA) is 77.2 Å². The summed E-state index contributed by atoms with van der Waals surface area (Å²) >= 11 is 0. The number of rotatable bonds is 7. The summed E-state index contributed by atoms with van der Waals surface area (Å²) in [7, 11) is 1.98. The number of fused-ring (bicyclic) bond motifs is 1. The highest BCUT2D eigenvalue weighted by molar-refractivity contribution is 5.86. The van der Waals surface area contributed by atoms with Crippen LogP contribution in [0.4, 0.5) is 5.69 Å². The van der Waals surface area contributed by atoms with Crippen molar-refractivity contribution in [2.75, 3.05) is 0 Å². The third-order valence-corrected chi connectivity index (χ3v) is 5.53. The molecule has 1 atom stereocenters. The van der Waals surface area contributed by atoms with Gasteiger partial charge in [-0.05, 0) is 22.8 Å². The Morgan fingerprint density at radius 1 is 1.00 bits per heavy atom. The summed E-state index contributed by atoms with van der Waals surface area (Å²) < 4.78 is 2.05. The van der Waals surface area contributed by atoms with Crippen molar-refractivity contribution in [1.29, 1.82) is 0 Å². The van der Waals surface area contributed by atoms with Crippen LogP contribution >= 0.6 is 0 Å². The van der Waals surface area contributed by atoms with E-state index in [1.165, 1.54) is 12.1 Å². The van der Waals surface area contributed by atoms with Crippen LogP contribution < -0.4 is 5.32 Å². The number of nitrogens with one attached hydrogen (secondary N) is 1. The maximum absolute atomic E-state index is 12.9. The molecule has 156 valence electrons. The number of non-ortho nitro benzene ring substituents is 1. The first kappa shape index (κ1) is 20.3. The van der Waals surface area contributed by atoms with E-state index >= 15 is 0 Å². The second-order valence-corrected chi connectivity index (χ2v) is 7.58. The fraction of sp³-hybridized carbons (Fsp3) is 0.160. The van der Waals surface area contributed by atoms with E-state index in [9.17, 15) is 14.9 Å². The van der Waals surface area contributed by atoms with Gasteiger partial charge in [0.25, 0.3) is 5.69 Å². The number of nitro benzene ring substituents is 1. The van der Waals surface area contributed by atoms with Crippen molar-refractivity contribution in [2.24, 2.45) is 7.05 Å². The molecule has 1 aromatic heterocycles. The number of nitro groups is 1. The Bertz CT molecular complexity index is 1210. The van der Waals surface area contributed by atoms with Crippen molar-refractivity contribution >= 4 is 22.5 Å². The molecule has 0 aliphatic rings. The average molecular weight is 413 g/mol. The van der Waals surface area contributed by atoms with Crippen molar-refractivity contribution in [3.05, 3.63) is 112 Å². The van der Waals surface area contributed by atoms with Gasteiger partial charge in [-0.3, -0.25) is 14.9 Å². The van der Waals surface area contributed by atoms with Gasteiger partial charge in [0.2, 0.25) is 5.91 Å². The van der Waals surface area contributed by atoms with Gasteiger partial charge >= 0.3 is 0 Å². The Morgan fingerprint density at radius 3 is 2.39 bits per heavy atom. The summed E-state index contributed by atoms with van der Waals surface area (Å²) in [5, 5.41) is 15.1. The summed E-state index contributed by atoms with van der Waals surface area (Å²) in [6, 6.07) is 24.3. The Hall–Kier alpha value is -3.93. The fourth-order valence-corrected chi connectivity index (χ4v) is 3.94. The summed E-state index contributed by atoms with van der Waals surface area (Å²) in [5.74, 6) is -0.289. The molecular formula is C25H23N3O3. The molecule has 1 N–H and O–H groups in total. The minimum absolute atomic E-state index is 0.0361. The monoisotopic (exact) mass is 413 g/mol. The number of amides is 1. The lowest BCUT2D eigenvalue weighted by Crippen LogP contribution is -2.25. The highest BCUT2D eigenvalue weighted by Gasteiger charge is 2.23. The van der Waals surface area contributed by atoms with Gasteiger partial charge in [0.05, 0.1) is 4.92 Å². The lowest BCUT2D eigenvalue weighted by molar-refractivity contribution is -0.384. The van der Waals surface area contributed by atoms with Crippen LogP contribution in [0.5, 0.6) is 0 Å². The molecule has 0 spiro atoms. The van der Waals surface area contributed by atoms with Gasteiger partial charge in [-0.15, -0.1) is 0 Å². The van der Waals surface area contributed by atoms with Crippen LogP contribution in [0.25, 0.3) is 10.9 Å². The van der Waals surface area contributed by atoms with Crippen LogP contribution in [0, 0.1) is 10.1 Å². The van der Waals surface area contributed by atoms with E-state index in [0.717, 1.165) is 27.6 Å². The molecule has 0 saturated carbocycles. The minimum Gasteiger partial charge on any atom is -0.352 e. The van der Waals surface area contributed by atoms with Gasteiger partial charge in [0.15, 0.2) is 0 Å². The third-order valence-electron chi connectivity index (χ3n) is 5.53. The van der Waals surface area contributed by atoms with Crippen molar-refractivity contribution in [3.63, 3.8) is 0 Å². The maximum atomic E-state index is 12.9. The highest BCUT2D eigenvalue weighted by atomic mass is 16.6. The van der Waals surface area contributed by atoms with Crippen molar-refractivity contribution in [1.82, 2.24) is 9.88 Å². The predicted octanol–water partition coefficient (Wildman–Crippen LogP) is 4.92. The number of para-hydroxylation sites is 1. The zero-order valence-electron chi connectivity index (χ0n) is 17.2. The number of aryl methyl sites for hydroxylation is 1. The van der Waals surface area contributed by atoms with Crippen LogP contribution in [0.15, 0.2) is 85.1 Å². The standard InChI is InChI=1S/C25H23N3O3/c1-27-17-23(21-9-5-6-10-24(21)27)22(19-11-13-20(14-12-19)28(30)31)15-25(29)26-16-18-7-3-2-4-8-18/h2-14,17,22H,15-16H2,1H3,(H,26,29)/t22-/m1/s1. The molecule has 6 heteroatoms. The summed E-state index contributed by atoms with van der Waals surface area (Å²) in [4.78, 5) is 23.5. The number of carbonyl (C=O) groups excluding carboxylic acids is 1. The zero-order valence-corrected chi connectivity index (χ0v) is 17.2. The quantitative estimate of drug-likeness (QED) is 0.345. The number of hydrogen-bond acceptors (Lipinski definition) is 3. The van der Waals surface area contributed by atoms with E-state index in [1.54, 1.807) is 12.1 Å². The SMILES string of the molecule is Cn1cc([C@H](CC(=O)NCc2ccccc2)c2ccc([N+](=O)[O-])cc2)c2ccccc21. The largest absolute Gasteiger partial charge is 0.352 e. The molecule has 0 aliphatic carbocycles. The molecule has 1 heterocycles. The summed E-state index contributed by atoms with van der Waals surface area (Å²) in [6.45, 7) is 0.461. The molecule has 0 saturated heterocycles. The zero-order chi connectivity index (χ0) is 21.8. The Kier molecular flexibility index (Phi) is 5.80. The lowest BCUT2D eigenvalue weighted by Gasteiger charge is -2.17. The van der Waals surface area contributed by atoms with Crippen molar-refractivity contribution < 1.29 is 9.72 Å². The lowest BCUT2D eigenvalue weighted by atomic mass is 9.88. The maximum Gasteiger partial charge on any atom is 0.269 e. The molecule has 4 rings (SSSR count). The number of carbonyl (C=O) groups is 1. The normalized spacial score (nSPS) is 11.9. The molecule has 6 nitrogen and oxygen atoms in total. The van der Waals surface area contributed by atoms with E-state index in [-0.39, 0.29) is 23.9 Å². The summed E-state index contributed by atoms with van der Waals surface area (Å²) in [6.07, 6.45) is 2.29. The number of benzene rings is 3. The second-order valence-electron chi connectivity index (χ2n) is 7.58. The first-order valence-corrected chi connectivity index (χ1v) is 10.1. The molecule has 0 fully saturated rings. The van der Waals surface area contributed by atoms with Crippen LogP contribution in [0.1, 0.15) is 29.0 Å². The molecule has 4 aromatic rings. The first-order valence-electron chi connectivity index (χ1n) is 10.1. The average Bonchev–Trinajstić information content (AvgIpc) is 3.13. The Morgan fingerprint density at radius 2 is 1.68 bits per heavy atom. The van der Waals surface area contributed by atoms with Gasteiger partial charge in [-0.2, -0.15) is 0 Å². The molecule has 0 bridgehead atoms. The van der Waals surface area contributed by atoms with E-state index in [2.05, 4.69) is 5.32 Å². The van der Waals surface area contributed by atoms with Crippen LogP contribution in [0.2, 0.25) is 0 Å². The second kappa shape index (κ2) is 8.83. The van der Waals surface area contributed by atoms with Crippen molar-refractivity contribution in [2.45, 2.75) is 18.9 Å². The molecule has 1 amide bonds. The minimum atomic E-state index is -0.413. The van der Waals surface area contributed by atoms with Gasteiger partial charge in [0, 0.05) is 55.2 Å². The van der Waals surface area contributed by atoms with E-state index in [0.29, 0.717) is 6.54 Å².